The summed E-state index contributed by atoms with van der Waals surface area (Å²) in [6.07, 6.45) is 1.16. The monoisotopic (exact) mass is 356 g/mol. The van der Waals surface area contributed by atoms with Crippen LogP contribution >= 0.6 is 0 Å². The van der Waals surface area contributed by atoms with E-state index < -0.39 is 10.8 Å². The minimum atomic E-state index is -0.534. The second-order valence-corrected chi connectivity index (χ2v) is 5.03. The molecule has 0 fully saturated rings. The van der Waals surface area contributed by atoms with Crippen molar-refractivity contribution in [1.29, 1.82) is 0 Å². The van der Waals surface area contributed by atoms with E-state index in [2.05, 4.69) is 15.8 Å². The molecule has 2 aromatic carbocycles. The van der Waals surface area contributed by atoms with Crippen molar-refractivity contribution < 1.29 is 19.3 Å². The molecule has 0 saturated carbocycles. The molecule has 0 aliphatic carbocycles. The number of benzene rings is 2. The number of rotatable bonds is 7. The summed E-state index contributed by atoms with van der Waals surface area (Å²) < 4.78 is 0. The first kappa shape index (κ1) is 18.6. The van der Waals surface area contributed by atoms with Gasteiger partial charge in [-0.3, -0.25) is 19.7 Å². The molecule has 26 heavy (non-hydrogen) atoms. The number of hydrogen-bond donors (Lipinski definition) is 2. The highest BCUT2D eigenvalue weighted by Crippen LogP contribution is 2.15. The maximum absolute atomic E-state index is 11.8. The van der Waals surface area contributed by atoms with E-state index in [1.54, 1.807) is 24.3 Å². The molecule has 0 radical (unpaired) electrons. The lowest BCUT2D eigenvalue weighted by Crippen LogP contribution is -2.19. The topological polar surface area (TPSA) is 123 Å². The third-order valence-electron chi connectivity index (χ3n) is 3.23. The summed E-state index contributed by atoms with van der Waals surface area (Å²) in [4.78, 5) is 38.6. The quantitative estimate of drug-likeness (QED) is 0.446. The van der Waals surface area contributed by atoms with Crippen LogP contribution in [0.2, 0.25) is 0 Å². The first-order valence-electron chi connectivity index (χ1n) is 7.52. The highest BCUT2D eigenvalue weighted by Gasteiger charge is 2.10. The number of amides is 2. The van der Waals surface area contributed by atoms with Gasteiger partial charge in [-0.25, -0.2) is 0 Å². The molecule has 134 valence electrons. The number of nitro benzene ring substituents is 1. The average molecular weight is 356 g/mol. The zero-order valence-electron chi connectivity index (χ0n) is 13.8. The Kier molecular flexibility index (Phi) is 6.38. The molecular weight excluding hydrogens is 340 g/mol. The number of para-hydroxylation sites is 1. The SMILES string of the molecule is CNC(=O)c1cccc(NC(=O)CO/N=C/c2ccccc2[N+](=O)[O-])c1. The van der Waals surface area contributed by atoms with Gasteiger partial charge in [-0.15, -0.1) is 0 Å². The van der Waals surface area contributed by atoms with Crippen LogP contribution in [0.5, 0.6) is 0 Å². The zero-order chi connectivity index (χ0) is 18.9. The fourth-order valence-electron chi connectivity index (χ4n) is 2.03. The van der Waals surface area contributed by atoms with E-state index in [0.717, 1.165) is 6.21 Å². The lowest BCUT2D eigenvalue weighted by molar-refractivity contribution is -0.385. The van der Waals surface area contributed by atoms with Crippen molar-refractivity contribution in [2.75, 3.05) is 19.0 Å². The molecule has 0 spiro atoms. The molecule has 9 heteroatoms. The Morgan fingerprint density at radius 2 is 2.00 bits per heavy atom. The number of anilines is 1. The minimum Gasteiger partial charge on any atom is -0.386 e. The van der Waals surface area contributed by atoms with Gasteiger partial charge in [0.25, 0.3) is 17.5 Å². The van der Waals surface area contributed by atoms with Crippen LogP contribution < -0.4 is 10.6 Å². The van der Waals surface area contributed by atoms with Crippen molar-refractivity contribution in [2.45, 2.75) is 0 Å². The molecule has 0 aromatic heterocycles. The molecule has 0 aliphatic heterocycles. The molecule has 0 saturated heterocycles. The lowest BCUT2D eigenvalue weighted by atomic mass is 10.2. The minimum absolute atomic E-state index is 0.115. The summed E-state index contributed by atoms with van der Waals surface area (Å²) >= 11 is 0. The van der Waals surface area contributed by atoms with Gasteiger partial charge in [-0.05, 0) is 24.3 Å². The molecule has 0 atom stereocenters. The number of carbonyl (C=O) groups is 2. The standard InChI is InChI=1S/C17H16N4O5/c1-18-17(23)12-6-4-7-14(9-12)20-16(22)11-26-19-10-13-5-2-3-8-15(13)21(24)25/h2-10H,11H2,1H3,(H,18,23)(H,20,22)/b19-10+. The number of nitrogens with one attached hydrogen (secondary N) is 2. The van der Waals surface area contributed by atoms with Crippen LogP contribution in [0.1, 0.15) is 15.9 Å². The van der Waals surface area contributed by atoms with Crippen LogP contribution in [0.15, 0.2) is 53.7 Å². The molecule has 0 unspecified atom stereocenters. The Bertz CT molecular complexity index is 851. The Hall–Kier alpha value is -3.75. The average Bonchev–Trinajstić information content (AvgIpc) is 2.65. The van der Waals surface area contributed by atoms with Crippen molar-refractivity contribution in [3.8, 4) is 0 Å². The first-order chi connectivity index (χ1) is 12.5. The van der Waals surface area contributed by atoms with Gasteiger partial charge in [-0.1, -0.05) is 23.4 Å². The molecule has 2 N–H and O–H groups in total. The van der Waals surface area contributed by atoms with Crippen molar-refractivity contribution in [1.82, 2.24) is 5.32 Å². The van der Waals surface area contributed by atoms with E-state index in [-0.39, 0.29) is 23.8 Å². The van der Waals surface area contributed by atoms with Gasteiger partial charge in [0.1, 0.15) is 0 Å². The maximum Gasteiger partial charge on any atom is 0.278 e. The van der Waals surface area contributed by atoms with E-state index in [1.165, 1.54) is 31.3 Å². The fourth-order valence-corrected chi connectivity index (χ4v) is 2.03. The van der Waals surface area contributed by atoms with Crippen molar-refractivity contribution in [3.63, 3.8) is 0 Å². The van der Waals surface area contributed by atoms with Crippen LogP contribution in [0.3, 0.4) is 0 Å². The van der Waals surface area contributed by atoms with Gasteiger partial charge in [-0.2, -0.15) is 0 Å². The Morgan fingerprint density at radius 3 is 2.73 bits per heavy atom. The van der Waals surface area contributed by atoms with Gasteiger partial charge in [0.2, 0.25) is 0 Å². The van der Waals surface area contributed by atoms with Gasteiger partial charge < -0.3 is 15.5 Å². The largest absolute Gasteiger partial charge is 0.386 e. The fraction of sp³-hybridized carbons (Fsp3) is 0.118. The molecule has 2 amide bonds. The zero-order valence-corrected chi connectivity index (χ0v) is 13.8. The van der Waals surface area contributed by atoms with Crippen LogP contribution in [0.4, 0.5) is 11.4 Å². The second-order valence-electron chi connectivity index (χ2n) is 5.03. The third kappa shape index (κ3) is 5.13. The van der Waals surface area contributed by atoms with E-state index in [1.807, 2.05) is 0 Å². The first-order valence-corrected chi connectivity index (χ1v) is 7.52. The molecule has 0 heterocycles. The normalized spacial score (nSPS) is 10.3. The van der Waals surface area contributed by atoms with Crippen LogP contribution in [0.25, 0.3) is 0 Å². The van der Waals surface area contributed by atoms with Crippen LogP contribution in [-0.4, -0.2) is 36.6 Å². The Morgan fingerprint density at radius 1 is 1.23 bits per heavy atom. The lowest BCUT2D eigenvalue weighted by Gasteiger charge is -2.06. The molecule has 0 aliphatic rings. The number of carbonyl (C=O) groups excluding carboxylic acids is 2. The maximum atomic E-state index is 11.8. The molecule has 2 aromatic rings. The molecule has 9 nitrogen and oxygen atoms in total. The van der Waals surface area contributed by atoms with E-state index >= 15 is 0 Å². The van der Waals surface area contributed by atoms with Gasteiger partial charge >= 0.3 is 0 Å². The van der Waals surface area contributed by atoms with Crippen molar-refractivity contribution in [2.24, 2.45) is 5.16 Å². The highest BCUT2D eigenvalue weighted by atomic mass is 16.6. The molecule has 0 bridgehead atoms. The van der Waals surface area contributed by atoms with Crippen LogP contribution in [-0.2, 0) is 9.63 Å². The predicted octanol–water partition coefficient (Wildman–Crippen LogP) is 1.94. The summed E-state index contributed by atoms with van der Waals surface area (Å²) in [6.45, 7) is -0.388. The van der Waals surface area contributed by atoms with Crippen molar-refractivity contribution in [3.05, 3.63) is 69.8 Å². The summed E-state index contributed by atoms with van der Waals surface area (Å²) in [5.41, 5.74) is 0.981. The number of nitrogens with zero attached hydrogens (tertiary/aromatic N) is 2. The summed E-state index contributed by atoms with van der Waals surface area (Å²) in [6, 6.07) is 12.4. The number of hydrogen-bond acceptors (Lipinski definition) is 6. The Balaban J connectivity index is 1.90. The van der Waals surface area contributed by atoms with E-state index in [0.29, 0.717) is 11.3 Å². The van der Waals surface area contributed by atoms with Gasteiger partial charge in [0, 0.05) is 24.4 Å². The van der Waals surface area contributed by atoms with E-state index in [4.69, 9.17) is 4.84 Å². The number of oxime groups is 1. The summed E-state index contributed by atoms with van der Waals surface area (Å²) in [5, 5.41) is 19.5. The summed E-state index contributed by atoms with van der Waals surface area (Å²) in [7, 11) is 1.51. The number of nitro groups is 1. The van der Waals surface area contributed by atoms with Gasteiger partial charge in [0.05, 0.1) is 16.7 Å². The molecule has 2 rings (SSSR count). The second kappa shape index (κ2) is 8.92. The van der Waals surface area contributed by atoms with Gasteiger partial charge in [0.15, 0.2) is 6.61 Å². The summed E-state index contributed by atoms with van der Waals surface area (Å²) in [5.74, 6) is -0.759. The Labute approximate surface area is 148 Å². The van der Waals surface area contributed by atoms with Crippen LogP contribution in [0, 0.1) is 10.1 Å². The highest BCUT2D eigenvalue weighted by molar-refractivity contribution is 5.97. The smallest absolute Gasteiger partial charge is 0.278 e. The molecular formula is C17H16N4O5. The third-order valence-corrected chi connectivity index (χ3v) is 3.23. The van der Waals surface area contributed by atoms with Crippen molar-refractivity contribution >= 4 is 29.4 Å². The van der Waals surface area contributed by atoms with E-state index in [9.17, 15) is 19.7 Å². The predicted molar refractivity (Wildman–Crippen MR) is 95.1 cm³/mol.